The molecule has 0 radical (unpaired) electrons. The number of nitro benzene ring substituents is 1. The number of hydrogen-bond donors (Lipinski definition) is 1. The fraction of sp³-hybridized carbons (Fsp3) is 0.455. The monoisotopic (exact) mass is 258 g/mol. The van der Waals surface area contributed by atoms with E-state index in [4.69, 9.17) is 5.11 Å². The van der Waals surface area contributed by atoms with Crippen LogP contribution >= 0.6 is 0 Å². The molecule has 0 aromatic heterocycles. The summed E-state index contributed by atoms with van der Waals surface area (Å²) < 4.78 is 26.3. The third kappa shape index (κ3) is 2.40. The van der Waals surface area contributed by atoms with Gasteiger partial charge in [-0.1, -0.05) is 0 Å². The molecule has 18 heavy (non-hydrogen) atoms. The van der Waals surface area contributed by atoms with Crippen LogP contribution in [0.4, 0.5) is 20.2 Å². The third-order valence-corrected chi connectivity index (χ3v) is 2.85. The van der Waals surface area contributed by atoms with Gasteiger partial charge in [0, 0.05) is 18.7 Å². The van der Waals surface area contributed by atoms with Gasteiger partial charge in [0.1, 0.15) is 5.69 Å². The Balaban J connectivity index is 2.45. The molecular weight excluding hydrogens is 246 g/mol. The molecule has 2 rings (SSSR count). The van der Waals surface area contributed by atoms with Crippen LogP contribution in [0, 0.1) is 21.7 Å². The van der Waals surface area contributed by atoms with E-state index in [0.29, 0.717) is 6.07 Å². The van der Waals surface area contributed by atoms with Gasteiger partial charge in [-0.3, -0.25) is 10.1 Å². The highest BCUT2D eigenvalue weighted by molar-refractivity contribution is 5.64. The van der Waals surface area contributed by atoms with Crippen molar-refractivity contribution in [1.82, 2.24) is 0 Å². The van der Waals surface area contributed by atoms with E-state index in [9.17, 15) is 18.9 Å². The Hall–Kier alpha value is -1.76. The molecule has 0 heterocycles. The number of rotatable bonds is 5. The average molecular weight is 258 g/mol. The first kappa shape index (κ1) is 12.7. The van der Waals surface area contributed by atoms with Gasteiger partial charge < -0.3 is 10.0 Å². The first-order chi connectivity index (χ1) is 8.54. The molecule has 0 saturated heterocycles. The normalized spacial score (nSPS) is 14.6. The lowest BCUT2D eigenvalue weighted by atomic mass is 10.2. The Bertz CT molecular complexity index is 478. The maximum absolute atomic E-state index is 13.2. The van der Waals surface area contributed by atoms with Crippen LogP contribution in [0.25, 0.3) is 0 Å². The number of aliphatic hydroxyl groups is 1. The van der Waals surface area contributed by atoms with Gasteiger partial charge in [-0.2, -0.15) is 0 Å². The molecule has 1 aromatic rings. The first-order valence-electron chi connectivity index (χ1n) is 5.55. The van der Waals surface area contributed by atoms with E-state index in [1.54, 1.807) is 4.90 Å². The predicted octanol–water partition coefficient (Wildman–Crippen LogP) is 1.83. The summed E-state index contributed by atoms with van der Waals surface area (Å²) in [4.78, 5) is 11.7. The lowest BCUT2D eigenvalue weighted by Crippen LogP contribution is -2.29. The van der Waals surface area contributed by atoms with Crippen molar-refractivity contribution in [2.24, 2.45) is 0 Å². The van der Waals surface area contributed by atoms with Crippen molar-refractivity contribution in [3.63, 3.8) is 0 Å². The third-order valence-electron chi connectivity index (χ3n) is 2.85. The molecule has 7 heteroatoms. The number of hydrogen-bond acceptors (Lipinski definition) is 4. The van der Waals surface area contributed by atoms with Crippen molar-refractivity contribution in [3.05, 3.63) is 33.9 Å². The Morgan fingerprint density at radius 2 is 2.00 bits per heavy atom. The van der Waals surface area contributed by atoms with Crippen molar-refractivity contribution in [2.45, 2.75) is 18.9 Å². The van der Waals surface area contributed by atoms with Crippen molar-refractivity contribution in [3.8, 4) is 0 Å². The van der Waals surface area contributed by atoms with Crippen LogP contribution in [-0.4, -0.2) is 29.2 Å². The second-order valence-corrected chi connectivity index (χ2v) is 4.16. The number of nitrogens with zero attached hydrogens (tertiary/aromatic N) is 2. The van der Waals surface area contributed by atoms with Gasteiger partial charge >= 0.3 is 0 Å². The highest BCUT2D eigenvalue weighted by Crippen LogP contribution is 2.37. The maximum Gasteiger partial charge on any atom is 0.295 e. The highest BCUT2D eigenvalue weighted by Gasteiger charge is 2.33. The Morgan fingerprint density at radius 3 is 2.50 bits per heavy atom. The molecule has 1 aliphatic rings. The Labute approximate surface area is 102 Å². The molecule has 0 bridgehead atoms. The number of aliphatic hydroxyl groups excluding tert-OH is 1. The molecule has 0 aliphatic heterocycles. The van der Waals surface area contributed by atoms with Gasteiger partial charge in [0.05, 0.1) is 17.6 Å². The summed E-state index contributed by atoms with van der Waals surface area (Å²) in [7, 11) is 0. The number of benzene rings is 1. The van der Waals surface area contributed by atoms with E-state index in [1.807, 2.05) is 0 Å². The largest absolute Gasteiger partial charge is 0.395 e. The summed E-state index contributed by atoms with van der Waals surface area (Å²) >= 11 is 0. The molecule has 1 N–H and O–H groups in total. The molecule has 0 unspecified atom stereocenters. The smallest absolute Gasteiger partial charge is 0.295 e. The van der Waals surface area contributed by atoms with E-state index < -0.39 is 22.2 Å². The fourth-order valence-electron chi connectivity index (χ4n) is 1.90. The van der Waals surface area contributed by atoms with Crippen LogP contribution in [-0.2, 0) is 0 Å². The molecule has 1 saturated carbocycles. The summed E-state index contributed by atoms with van der Waals surface area (Å²) in [5, 5.41) is 19.8. The molecule has 5 nitrogen and oxygen atoms in total. The van der Waals surface area contributed by atoms with E-state index in [0.717, 1.165) is 18.9 Å². The SMILES string of the molecule is O=[N+]([O-])c1cc(F)c(F)cc1N(CCO)C1CC1. The standard InChI is InChI=1S/C11H12F2N2O3/c12-8-5-10(11(15(17)18)6-9(8)13)14(3-4-16)7-1-2-7/h5-7,16H,1-4H2. The Kier molecular flexibility index (Phi) is 3.42. The quantitative estimate of drug-likeness (QED) is 0.646. The van der Waals surface area contributed by atoms with E-state index >= 15 is 0 Å². The minimum Gasteiger partial charge on any atom is -0.395 e. The summed E-state index contributed by atoms with van der Waals surface area (Å²) in [6, 6.07) is 1.46. The molecule has 98 valence electrons. The van der Waals surface area contributed by atoms with Crippen LogP contribution in [0.5, 0.6) is 0 Å². The van der Waals surface area contributed by atoms with Crippen LogP contribution in [0.2, 0.25) is 0 Å². The van der Waals surface area contributed by atoms with Gasteiger partial charge in [0.15, 0.2) is 11.6 Å². The van der Waals surface area contributed by atoms with E-state index in [-0.39, 0.29) is 24.9 Å². The predicted molar refractivity (Wildman–Crippen MR) is 60.5 cm³/mol. The molecule has 1 aromatic carbocycles. The van der Waals surface area contributed by atoms with Crippen molar-refractivity contribution in [1.29, 1.82) is 0 Å². The van der Waals surface area contributed by atoms with Crippen molar-refractivity contribution >= 4 is 11.4 Å². The zero-order valence-corrected chi connectivity index (χ0v) is 9.47. The summed E-state index contributed by atoms with van der Waals surface area (Å²) in [5.41, 5.74) is -0.454. The van der Waals surface area contributed by atoms with E-state index in [1.165, 1.54) is 0 Å². The maximum atomic E-state index is 13.2. The van der Waals surface area contributed by atoms with Crippen molar-refractivity contribution < 1.29 is 18.8 Å². The molecular formula is C11H12F2N2O3. The lowest BCUT2D eigenvalue weighted by Gasteiger charge is -2.23. The molecule has 1 fully saturated rings. The van der Waals surface area contributed by atoms with Crippen LogP contribution in [0.15, 0.2) is 12.1 Å². The number of halogens is 2. The zero-order valence-electron chi connectivity index (χ0n) is 9.47. The first-order valence-corrected chi connectivity index (χ1v) is 5.55. The molecule has 0 amide bonds. The van der Waals surface area contributed by atoms with Crippen LogP contribution in [0.3, 0.4) is 0 Å². The minimum atomic E-state index is -1.25. The van der Waals surface area contributed by atoms with Crippen LogP contribution in [0.1, 0.15) is 12.8 Å². The molecule has 0 spiro atoms. The van der Waals surface area contributed by atoms with Crippen molar-refractivity contribution in [2.75, 3.05) is 18.1 Å². The molecule has 0 atom stereocenters. The minimum absolute atomic E-state index is 0.0236. The lowest BCUT2D eigenvalue weighted by molar-refractivity contribution is -0.384. The average Bonchev–Trinajstić information content (AvgIpc) is 3.13. The second-order valence-electron chi connectivity index (χ2n) is 4.16. The van der Waals surface area contributed by atoms with Gasteiger partial charge in [-0.25, -0.2) is 8.78 Å². The number of nitro groups is 1. The molecule has 1 aliphatic carbocycles. The topological polar surface area (TPSA) is 66.6 Å². The van der Waals surface area contributed by atoms with Gasteiger partial charge in [0.25, 0.3) is 5.69 Å². The number of anilines is 1. The van der Waals surface area contributed by atoms with Gasteiger partial charge in [0.2, 0.25) is 0 Å². The van der Waals surface area contributed by atoms with Crippen LogP contribution < -0.4 is 4.90 Å². The summed E-state index contributed by atoms with van der Waals surface area (Å²) in [5.74, 6) is -2.37. The summed E-state index contributed by atoms with van der Waals surface area (Å²) in [6.07, 6.45) is 1.66. The highest BCUT2D eigenvalue weighted by atomic mass is 19.2. The van der Waals surface area contributed by atoms with E-state index in [2.05, 4.69) is 0 Å². The zero-order chi connectivity index (χ0) is 13.3. The second kappa shape index (κ2) is 4.85. The fourth-order valence-corrected chi connectivity index (χ4v) is 1.90. The van der Waals surface area contributed by atoms with Gasteiger partial charge in [-0.15, -0.1) is 0 Å². The van der Waals surface area contributed by atoms with Gasteiger partial charge in [-0.05, 0) is 12.8 Å². The Morgan fingerprint density at radius 1 is 1.39 bits per heavy atom. The summed E-state index contributed by atoms with van der Waals surface area (Å²) in [6.45, 7) is -0.0385.